The Labute approximate surface area is 120 Å². The number of aromatic nitrogens is 1. The van der Waals surface area contributed by atoms with Gasteiger partial charge in [-0.2, -0.15) is 0 Å². The lowest BCUT2D eigenvalue weighted by Crippen LogP contribution is -2.23. The smallest absolute Gasteiger partial charge is 0.270 e. The molecule has 6 heteroatoms. The maximum Gasteiger partial charge on any atom is 0.270 e. The Balaban J connectivity index is 2.64. The zero-order chi connectivity index (χ0) is 14.7. The quantitative estimate of drug-likeness (QED) is 0.494. The molecular formula is C14H13ClN2O3. The predicted molar refractivity (Wildman–Crippen MR) is 78.0 cm³/mol. The molecule has 1 aromatic heterocycles. The van der Waals surface area contributed by atoms with Crippen LogP contribution in [-0.4, -0.2) is 9.49 Å². The molecule has 1 aromatic carbocycles. The third kappa shape index (κ3) is 2.58. The molecule has 1 heterocycles. The number of benzene rings is 1. The highest BCUT2D eigenvalue weighted by Crippen LogP contribution is 2.23. The molecule has 0 unspecified atom stereocenters. The van der Waals surface area contributed by atoms with E-state index in [4.69, 9.17) is 11.6 Å². The molecule has 0 aliphatic carbocycles. The molecular weight excluding hydrogens is 280 g/mol. The van der Waals surface area contributed by atoms with Gasteiger partial charge in [0.05, 0.1) is 16.5 Å². The molecule has 0 fully saturated rings. The molecule has 20 heavy (non-hydrogen) atoms. The third-order valence-corrected chi connectivity index (χ3v) is 3.35. The first kappa shape index (κ1) is 14.3. The van der Waals surface area contributed by atoms with Gasteiger partial charge in [-0.15, -0.1) is 11.6 Å². The molecule has 104 valence electrons. The molecule has 2 rings (SSSR count). The number of rotatable bonds is 4. The minimum atomic E-state index is -0.453. The summed E-state index contributed by atoms with van der Waals surface area (Å²) in [5.74, 6) is 0.147. The normalized spacial score (nSPS) is 10.5. The van der Waals surface area contributed by atoms with E-state index >= 15 is 0 Å². The highest BCUT2D eigenvalue weighted by Gasteiger charge is 2.12. The zero-order valence-electron chi connectivity index (χ0n) is 10.9. The van der Waals surface area contributed by atoms with Crippen LogP contribution in [0.25, 0.3) is 11.3 Å². The molecule has 0 bridgehead atoms. The molecule has 0 N–H and O–H groups in total. The monoisotopic (exact) mass is 292 g/mol. The van der Waals surface area contributed by atoms with Crippen LogP contribution in [0.1, 0.15) is 12.5 Å². The summed E-state index contributed by atoms with van der Waals surface area (Å²) in [5.41, 5.74) is 1.64. The van der Waals surface area contributed by atoms with Crippen LogP contribution in [0.2, 0.25) is 0 Å². The van der Waals surface area contributed by atoms with Gasteiger partial charge < -0.3 is 4.57 Å². The van der Waals surface area contributed by atoms with Crippen LogP contribution in [0.3, 0.4) is 0 Å². The van der Waals surface area contributed by atoms with E-state index in [-0.39, 0.29) is 17.1 Å². The van der Waals surface area contributed by atoms with Crippen LogP contribution in [0.5, 0.6) is 0 Å². The number of non-ortho nitro benzene ring substituents is 1. The van der Waals surface area contributed by atoms with Crippen molar-refractivity contribution in [1.82, 2.24) is 4.57 Å². The van der Waals surface area contributed by atoms with Crippen molar-refractivity contribution in [2.45, 2.75) is 19.3 Å². The number of nitro benzene ring substituents is 1. The summed E-state index contributed by atoms with van der Waals surface area (Å²) in [6.07, 6.45) is 0. The number of pyridine rings is 1. The van der Waals surface area contributed by atoms with Gasteiger partial charge in [-0.05, 0) is 13.0 Å². The van der Waals surface area contributed by atoms with Gasteiger partial charge in [-0.3, -0.25) is 14.9 Å². The molecule has 0 aliphatic heterocycles. The van der Waals surface area contributed by atoms with E-state index in [1.807, 2.05) is 6.92 Å². The van der Waals surface area contributed by atoms with E-state index in [0.717, 1.165) is 0 Å². The lowest BCUT2D eigenvalue weighted by atomic mass is 10.1. The second-order valence-corrected chi connectivity index (χ2v) is 4.50. The third-order valence-electron chi connectivity index (χ3n) is 3.07. The zero-order valence-corrected chi connectivity index (χ0v) is 11.6. The van der Waals surface area contributed by atoms with E-state index in [1.165, 1.54) is 12.1 Å². The Hall–Kier alpha value is -2.14. The second-order valence-electron chi connectivity index (χ2n) is 4.23. The summed E-state index contributed by atoms with van der Waals surface area (Å²) in [6.45, 7) is 2.32. The number of hydrogen-bond acceptors (Lipinski definition) is 3. The van der Waals surface area contributed by atoms with Crippen LogP contribution in [0.4, 0.5) is 5.69 Å². The van der Waals surface area contributed by atoms with Gasteiger partial charge in [0, 0.05) is 29.8 Å². The fraction of sp³-hybridized carbons (Fsp3) is 0.214. The highest BCUT2D eigenvalue weighted by atomic mass is 35.5. The van der Waals surface area contributed by atoms with Crippen molar-refractivity contribution in [3.05, 3.63) is 62.4 Å². The summed E-state index contributed by atoms with van der Waals surface area (Å²) < 4.78 is 1.57. The Morgan fingerprint density at radius 1 is 1.30 bits per heavy atom. The van der Waals surface area contributed by atoms with Gasteiger partial charge in [-0.25, -0.2) is 0 Å². The maximum atomic E-state index is 12.2. The number of nitrogens with zero attached hydrogens (tertiary/aromatic N) is 2. The SMILES string of the molecule is CCn1c(-c2cccc([N+](=O)[O-])c2)ccc(CCl)c1=O. The van der Waals surface area contributed by atoms with Crippen molar-refractivity contribution in [3.8, 4) is 11.3 Å². The first-order chi connectivity index (χ1) is 9.58. The van der Waals surface area contributed by atoms with Crippen molar-refractivity contribution in [3.63, 3.8) is 0 Å². The average Bonchev–Trinajstić information content (AvgIpc) is 2.47. The maximum absolute atomic E-state index is 12.2. The van der Waals surface area contributed by atoms with E-state index in [0.29, 0.717) is 23.4 Å². The van der Waals surface area contributed by atoms with Crippen molar-refractivity contribution >= 4 is 17.3 Å². The molecule has 0 saturated carbocycles. The van der Waals surface area contributed by atoms with E-state index in [2.05, 4.69) is 0 Å². The van der Waals surface area contributed by atoms with E-state index in [9.17, 15) is 14.9 Å². The predicted octanol–water partition coefficient (Wildman–Crippen LogP) is 3.18. The summed E-state index contributed by atoms with van der Waals surface area (Å²) in [5, 5.41) is 10.8. The highest BCUT2D eigenvalue weighted by molar-refractivity contribution is 6.17. The standard InChI is InChI=1S/C14H13ClN2O3/c1-2-16-13(7-6-11(9-15)14(16)18)10-4-3-5-12(8-10)17(19)20/h3-8H,2,9H2,1H3. The van der Waals surface area contributed by atoms with E-state index < -0.39 is 4.92 Å². The van der Waals surface area contributed by atoms with Crippen LogP contribution in [-0.2, 0) is 12.4 Å². The molecule has 0 amide bonds. The first-order valence-electron chi connectivity index (χ1n) is 6.12. The number of hydrogen-bond donors (Lipinski definition) is 0. The lowest BCUT2D eigenvalue weighted by molar-refractivity contribution is -0.384. The Morgan fingerprint density at radius 2 is 2.05 bits per heavy atom. The Bertz CT molecular complexity index is 710. The summed E-state index contributed by atoms with van der Waals surface area (Å²) in [6, 6.07) is 9.66. The molecule has 0 aliphatic rings. The molecule has 0 spiro atoms. The fourth-order valence-electron chi connectivity index (χ4n) is 2.07. The lowest BCUT2D eigenvalue weighted by Gasteiger charge is -2.12. The van der Waals surface area contributed by atoms with Crippen LogP contribution < -0.4 is 5.56 Å². The minimum Gasteiger partial charge on any atom is -0.308 e. The van der Waals surface area contributed by atoms with E-state index in [1.54, 1.807) is 28.8 Å². The van der Waals surface area contributed by atoms with Gasteiger partial charge in [0.2, 0.25) is 0 Å². The van der Waals surface area contributed by atoms with Crippen molar-refractivity contribution in [2.24, 2.45) is 0 Å². The number of nitro groups is 1. The summed E-state index contributed by atoms with van der Waals surface area (Å²) in [7, 11) is 0. The Morgan fingerprint density at radius 3 is 2.65 bits per heavy atom. The number of halogens is 1. The molecule has 0 saturated heterocycles. The van der Waals surface area contributed by atoms with Gasteiger partial charge in [0.1, 0.15) is 0 Å². The van der Waals surface area contributed by atoms with Crippen LogP contribution >= 0.6 is 11.6 Å². The fourth-order valence-corrected chi connectivity index (χ4v) is 2.27. The van der Waals surface area contributed by atoms with Crippen LogP contribution in [0, 0.1) is 10.1 Å². The van der Waals surface area contributed by atoms with Gasteiger partial charge in [0.15, 0.2) is 0 Å². The second kappa shape index (κ2) is 5.88. The topological polar surface area (TPSA) is 65.1 Å². The van der Waals surface area contributed by atoms with Crippen molar-refractivity contribution in [1.29, 1.82) is 0 Å². The summed E-state index contributed by atoms with van der Waals surface area (Å²) >= 11 is 5.72. The molecule has 2 aromatic rings. The minimum absolute atomic E-state index is 0.000906. The Kier molecular flexibility index (Phi) is 4.20. The summed E-state index contributed by atoms with van der Waals surface area (Å²) in [4.78, 5) is 22.6. The molecule has 0 atom stereocenters. The largest absolute Gasteiger partial charge is 0.308 e. The van der Waals surface area contributed by atoms with Gasteiger partial charge in [0.25, 0.3) is 11.2 Å². The number of alkyl halides is 1. The van der Waals surface area contributed by atoms with Crippen molar-refractivity contribution < 1.29 is 4.92 Å². The van der Waals surface area contributed by atoms with Gasteiger partial charge >= 0.3 is 0 Å². The average molecular weight is 293 g/mol. The molecule has 0 radical (unpaired) electrons. The van der Waals surface area contributed by atoms with Gasteiger partial charge in [-0.1, -0.05) is 18.2 Å². The van der Waals surface area contributed by atoms with Crippen molar-refractivity contribution in [2.75, 3.05) is 0 Å². The van der Waals surface area contributed by atoms with Crippen LogP contribution in [0.15, 0.2) is 41.2 Å². The molecule has 5 nitrogen and oxygen atoms in total. The first-order valence-corrected chi connectivity index (χ1v) is 6.65.